The molecule has 0 radical (unpaired) electrons. The van der Waals surface area contributed by atoms with Crippen molar-refractivity contribution in [2.75, 3.05) is 13.7 Å². The van der Waals surface area contributed by atoms with Crippen molar-refractivity contribution in [1.29, 1.82) is 0 Å². The van der Waals surface area contributed by atoms with Crippen LogP contribution in [-0.2, 0) is 4.74 Å². The summed E-state index contributed by atoms with van der Waals surface area (Å²) in [5, 5.41) is 35.0. The van der Waals surface area contributed by atoms with Gasteiger partial charge in [-0.15, -0.1) is 0 Å². The first-order chi connectivity index (χ1) is 16.7. The predicted octanol–water partition coefficient (Wildman–Crippen LogP) is 0.797. The molecule has 6 N–H and O–H groups in total. The highest BCUT2D eigenvalue weighted by atomic mass is 32.2. The number of aliphatic imine (C=N–C) groups is 1. The molecule has 0 aliphatic carbocycles. The summed E-state index contributed by atoms with van der Waals surface area (Å²) in [5.41, 5.74) is 6.68. The summed E-state index contributed by atoms with van der Waals surface area (Å²) < 4.78 is 46.4. The fraction of sp³-hybridized carbons (Fsp3) is 0.318. The molecule has 13 heteroatoms. The number of ether oxygens (including phenoxy) is 1. The van der Waals surface area contributed by atoms with Gasteiger partial charge in [0, 0.05) is 29.3 Å². The van der Waals surface area contributed by atoms with E-state index in [9.17, 15) is 33.3 Å². The van der Waals surface area contributed by atoms with Crippen LogP contribution in [0.1, 0.15) is 15.9 Å². The van der Waals surface area contributed by atoms with E-state index in [4.69, 9.17) is 10.5 Å². The lowest BCUT2D eigenvalue weighted by molar-refractivity contribution is -0.159. The maximum atomic E-state index is 13.7. The van der Waals surface area contributed by atoms with E-state index in [2.05, 4.69) is 15.5 Å². The van der Waals surface area contributed by atoms with Crippen LogP contribution < -0.4 is 11.2 Å². The fourth-order valence-electron chi connectivity index (χ4n) is 3.35. The van der Waals surface area contributed by atoms with E-state index in [-0.39, 0.29) is 16.8 Å². The molecule has 1 aliphatic heterocycles. The quantitative estimate of drug-likeness (QED) is 0.199. The Labute approximate surface area is 202 Å². The smallest absolute Gasteiger partial charge is 0.248 e. The number of hydrogen-bond acceptors (Lipinski definition) is 9. The van der Waals surface area contributed by atoms with Gasteiger partial charge in [-0.05, 0) is 30.3 Å². The Morgan fingerprint density at radius 1 is 1.17 bits per heavy atom. The predicted molar refractivity (Wildman–Crippen MR) is 123 cm³/mol. The molecule has 0 bridgehead atoms. The van der Waals surface area contributed by atoms with E-state index < -0.39 is 59.8 Å². The molecule has 1 saturated heterocycles. The lowest BCUT2D eigenvalue weighted by Crippen LogP contribution is -2.56. The third kappa shape index (κ3) is 6.18. The van der Waals surface area contributed by atoms with Crippen molar-refractivity contribution in [1.82, 2.24) is 5.43 Å². The minimum Gasteiger partial charge on any atom is -0.394 e. The van der Waals surface area contributed by atoms with E-state index >= 15 is 0 Å². The standard InChI is InChI=1S/C22H23F3N4O5S/c1-27-29-15(11-6-13(23)17(25)14(24)7-11)8-28-18-19(31)16(9-30)34-22(20(18)32)35-12-4-2-3-10(5-12)21(26)33/h2-8,16,18-20,22,27,30-32H,9H2,1H3,(H2,26,33)/t16?,18?,19-,20?,22+/m0/s1. The van der Waals surface area contributed by atoms with Crippen molar-refractivity contribution < 1.29 is 38.0 Å². The van der Waals surface area contributed by atoms with Crippen molar-refractivity contribution in [2.45, 2.75) is 34.7 Å². The normalized spacial score (nSPS) is 25.1. The molecule has 9 nitrogen and oxygen atoms in total. The Bertz CT molecular complexity index is 1110. The van der Waals surface area contributed by atoms with Gasteiger partial charge in [0.15, 0.2) is 17.5 Å². The third-order valence-electron chi connectivity index (χ3n) is 5.10. The Hall–Kier alpha value is -2.97. The number of hydrogen-bond donors (Lipinski definition) is 5. The SMILES string of the molecule is CNN=C(C=NC1C(O)[C@@H](Sc2cccc(C(N)=O)c2)OC(CO)[C@@H]1O)c1cc(F)c(F)c(F)c1. The maximum Gasteiger partial charge on any atom is 0.248 e. The number of benzene rings is 2. The van der Waals surface area contributed by atoms with Crippen LogP contribution in [0.3, 0.4) is 0 Å². The number of hydrazone groups is 1. The van der Waals surface area contributed by atoms with Crippen LogP contribution >= 0.6 is 11.8 Å². The maximum absolute atomic E-state index is 13.7. The number of aliphatic hydroxyl groups excluding tert-OH is 3. The largest absolute Gasteiger partial charge is 0.394 e. The Morgan fingerprint density at radius 3 is 2.46 bits per heavy atom. The lowest BCUT2D eigenvalue weighted by atomic mass is 9.98. The molecule has 5 atom stereocenters. The zero-order valence-corrected chi connectivity index (χ0v) is 19.1. The van der Waals surface area contributed by atoms with Crippen LogP contribution in [0.5, 0.6) is 0 Å². The van der Waals surface area contributed by atoms with Gasteiger partial charge in [0.25, 0.3) is 0 Å². The number of nitrogens with one attached hydrogen (secondary N) is 1. The Morgan fingerprint density at radius 2 is 1.86 bits per heavy atom. The Kier molecular flexibility index (Phi) is 8.86. The van der Waals surface area contributed by atoms with Gasteiger partial charge in [-0.1, -0.05) is 17.8 Å². The van der Waals surface area contributed by atoms with Gasteiger partial charge in [-0.3, -0.25) is 9.79 Å². The van der Waals surface area contributed by atoms with Gasteiger partial charge in [-0.25, -0.2) is 13.2 Å². The molecule has 1 heterocycles. The summed E-state index contributed by atoms with van der Waals surface area (Å²) in [5.74, 6) is -5.15. The van der Waals surface area contributed by atoms with Gasteiger partial charge in [-0.2, -0.15) is 5.10 Å². The van der Waals surface area contributed by atoms with E-state index in [1.54, 1.807) is 12.1 Å². The van der Waals surface area contributed by atoms with Gasteiger partial charge >= 0.3 is 0 Å². The first kappa shape index (κ1) is 26.6. The number of nitrogens with zero attached hydrogens (tertiary/aromatic N) is 2. The number of rotatable bonds is 8. The molecule has 1 aliphatic rings. The minimum absolute atomic E-state index is 0.116. The molecule has 35 heavy (non-hydrogen) atoms. The monoisotopic (exact) mass is 512 g/mol. The van der Waals surface area contributed by atoms with Crippen molar-refractivity contribution in [3.63, 3.8) is 0 Å². The first-order valence-electron chi connectivity index (χ1n) is 10.3. The van der Waals surface area contributed by atoms with Gasteiger partial charge in [0.2, 0.25) is 5.91 Å². The number of nitrogens with two attached hydrogens (primary N) is 1. The minimum atomic E-state index is -1.64. The molecule has 0 spiro atoms. The summed E-state index contributed by atoms with van der Waals surface area (Å²) >= 11 is 1.02. The molecule has 2 aromatic carbocycles. The second kappa shape index (κ2) is 11.6. The van der Waals surface area contributed by atoms with Crippen molar-refractivity contribution in [3.8, 4) is 0 Å². The number of primary amides is 1. The molecule has 3 rings (SSSR count). The molecule has 188 valence electrons. The third-order valence-corrected chi connectivity index (χ3v) is 6.25. The van der Waals surface area contributed by atoms with E-state index in [0.29, 0.717) is 4.90 Å². The van der Waals surface area contributed by atoms with Gasteiger partial charge < -0.3 is 31.2 Å². The first-order valence-corrected chi connectivity index (χ1v) is 11.2. The second-order valence-electron chi connectivity index (χ2n) is 7.46. The van der Waals surface area contributed by atoms with Crippen LogP contribution in [-0.4, -0.2) is 76.6 Å². The van der Waals surface area contributed by atoms with Crippen LogP contribution in [0.4, 0.5) is 13.2 Å². The topological polar surface area (TPSA) is 150 Å². The lowest BCUT2D eigenvalue weighted by Gasteiger charge is -2.40. The molecule has 3 unspecified atom stereocenters. The molecule has 0 saturated carbocycles. The summed E-state index contributed by atoms with van der Waals surface area (Å²) in [4.78, 5) is 16.1. The summed E-state index contributed by atoms with van der Waals surface area (Å²) in [7, 11) is 1.41. The highest BCUT2D eigenvalue weighted by molar-refractivity contribution is 7.99. The number of aliphatic hydroxyl groups is 3. The zero-order valence-electron chi connectivity index (χ0n) is 18.3. The molecule has 1 fully saturated rings. The van der Waals surface area contributed by atoms with E-state index in [1.807, 2.05) is 0 Å². The molecule has 1 amide bonds. The number of thioether (sulfide) groups is 1. The van der Waals surface area contributed by atoms with Crippen molar-refractivity contribution in [2.24, 2.45) is 15.8 Å². The average Bonchev–Trinajstić information content (AvgIpc) is 2.83. The van der Waals surface area contributed by atoms with Crippen LogP contribution in [0.15, 0.2) is 51.4 Å². The second-order valence-corrected chi connectivity index (χ2v) is 8.63. The van der Waals surface area contributed by atoms with Gasteiger partial charge in [0.1, 0.15) is 35.5 Å². The zero-order chi connectivity index (χ0) is 25.7. The van der Waals surface area contributed by atoms with E-state index in [0.717, 1.165) is 30.1 Å². The number of amides is 1. The van der Waals surface area contributed by atoms with Gasteiger partial charge in [0.05, 0.1) is 6.61 Å². The highest BCUT2D eigenvalue weighted by Crippen LogP contribution is 2.34. The molecular formula is C22H23F3N4O5S. The molecule has 2 aromatic rings. The highest BCUT2D eigenvalue weighted by Gasteiger charge is 2.44. The molecule has 0 aromatic heterocycles. The fourth-order valence-corrected chi connectivity index (χ4v) is 4.47. The molecular weight excluding hydrogens is 489 g/mol. The number of halogens is 3. The summed E-state index contributed by atoms with van der Waals surface area (Å²) in [6.45, 7) is -0.593. The van der Waals surface area contributed by atoms with Crippen LogP contribution in [0.25, 0.3) is 0 Å². The van der Waals surface area contributed by atoms with Crippen LogP contribution in [0, 0.1) is 17.5 Å². The summed E-state index contributed by atoms with van der Waals surface area (Å²) in [6, 6.07) is 6.45. The van der Waals surface area contributed by atoms with E-state index in [1.165, 1.54) is 19.2 Å². The van der Waals surface area contributed by atoms with Crippen LogP contribution in [0.2, 0.25) is 0 Å². The Balaban J connectivity index is 1.89. The van der Waals surface area contributed by atoms with Crippen molar-refractivity contribution in [3.05, 3.63) is 65.0 Å². The average molecular weight is 513 g/mol. The number of carbonyl (C=O) groups excluding carboxylic acids is 1. The number of carbonyl (C=O) groups is 1. The van der Waals surface area contributed by atoms with Crippen molar-refractivity contribution >= 4 is 29.6 Å². The summed E-state index contributed by atoms with van der Waals surface area (Å²) in [6.07, 6.45) is -2.93.